The van der Waals surface area contributed by atoms with Crippen molar-refractivity contribution >= 4 is 38.9 Å². The standard InChI is InChI=1S/C13H13BrN2O2S/c14-12-9(2-1-3-10(12)15)13(18)16-6-11(17)8-4-5-19-7-8/h1-5,7,11,17H,6,15H2,(H,16,18). The Morgan fingerprint density at radius 2 is 2.26 bits per heavy atom. The second-order valence-electron chi connectivity index (χ2n) is 3.99. The first-order valence-electron chi connectivity index (χ1n) is 5.62. The zero-order chi connectivity index (χ0) is 13.8. The minimum atomic E-state index is -0.699. The van der Waals surface area contributed by atoms with Crippen molar-refractivity contribution in [1.29, 1.82) is 0 Å². The first kappa shape index (κ1) is 14.0. The van der Waals surface area contributed by atoms with Crippen LogP contribution in [-0.2, 0) is 0 Å². The molecular formula is C13H13BrN2O2S. The molecule has 0 saturated carbocycles. The summed E-state index contributed by atoms with van der Waals surface area (Å²) in [7, 11) is 0. The number of rotatable bonds is 4. The van der Waals surface area contributed by atoms with Gasteiger partial charge in [-0.15, -0.1) is 0 Å². The van der Waals surface area contributed by atoms with Crippen LogP contribution in [-0.4, -0.2) is 17.6 Å². The fourth-order valence-corrected chi connectivity index (χ4v) is 2.74. The summed E-state index contributed by atoms with van der Waals surface area (Å²) in [6.45, 7) is 0.163. The van der Waals surface area contributed by atoms with E-state index in [-0.39, 0.29) is 12.5 Å². The van der Waals surface area contributed by atoms with Gasteiger partial charge in [-0.3, -0.25) is 4.79 Å². The van der Waals surface area contributed by atoms with Gasteiger partial charge in [-0.05, 0) is 50.5 Å². The first-order chi connectivity index (χ1) is 9.09. The van der Waals surface area contributed by atoms with Gasteiger partial charge >= 0.3 is 0 Å². The molecule has 0 fully saturated rings. The van der Waals surface area contributed by atoms with Crippen LogP contribution in [0.2, 0.25) is 0 Å². The van der Waals surface area contributed by atoms with Crippen LogP contribution in [0.5, 0.6) is 0 Å². The Hall–Kier alpha value is -1.37. The second kappa shape index (κ2) is 6.18. The molecule has 0 radical (unpaired) electrons. The monoisotopic (exact) mass is 340 g/mol. The minimum absolute atomic E-state index is 0.163. The fourth-order valence-electron chi connectivity index (χ4n) is 1.59. The minimum Gasteiger partial charge on any atom is -0.398 e. The number of hydrogen-bond acceptors (Lipinski definition) is 4. The number of amides is 1. The molecule has 1 aromatic heterocycles. The maximum Gasteiger partial charge on any atom is 0.252 e. The van der Waals surface area contributed by atoms with E-state index in [9.17, 15) is 9.90 Å². The number of carbonyl (C=O) groups excluding carboxylic acids is 1. The third-order valence-corrected chi connectivity index (χ3v) is 4.24. The zero-order valence-corrected chi connectivity index (χ0v) is 12.4. The molecule has 1 unspecified atom stereocenters. The number of halogens is 1. The topological polar surface area (TPSA) is 75.4 Å². The van der Waals surface area contributed by atoms with Crippen LogP contribution in [0.3, 0.4) is 0 Å². The average Bonchev–Trinajstić information content (AvgIpc) is 2.93. The van der Waals surface area contributed by atoms with Gasteiger partial charge in [-0.1, -0.05) is 6.07 Å². The Bertz CT molecular complexity index is 572. The normalized spacial score (nSPS) is 12.1. The Balaban J connectivity index is 2.00. The molecule has 1 aromatic carbocycles. The van der Waals surface area contributed by atoms with Crippen LogP contribution in [0.4, 0.5) is 5.69 Å². The number of nitrogen functional groups attached to an aromatic ring is 1. The average molecular weight is 341 g/mol. The molecule has 0 bridgehead atoms. The van der Waals surface area contributed by atoms with E-state index in [4.69, 9.17) is 5.73 Å². The molecule has 1 atom stereocenters. The molecule has 0 aliphatic heterocycles. The zero-order valence-electron chi connectivity index (χ0n) is 9.97. The Morgan fingerprint density at radius 1 is 1.47 bits per heavy atom. The molecule has 0 spiro atoms. The van der Waals surface area contributed by atoms with Gasteiger partial charge in [0.05, 0.1) is 16.1 Å². The van der Waals surface area contributed by atoms with E-state index in [2.05, 4.69) is 21.2 Å². The van der Waals surface area contributed by atoms with Crippen molar-refractivity contribution in [2.45, 2.75) is 6.10 Å². The van der Waals surface area contributed by atoms with Gasteiger partial charge in [0.25, 0.3) is 5.91 Å². The van der Waals surface area contributed by atoms with Crippen molar-refractivity contribution < 1.29 is 9.90 Å². The van der Waals surface area contributed by atoms with Gasteiger partial charge in [0, 0.05) is 12.2 Å². The van der Waals surface area contributed by atoms with Crippen LogP contribution >= 0.6 is 27.3 Å². The molecule has 1 amide bonds. The van der Waals surface area contributed by atoms with Gasteiger partial charge in [0.15, 0.2) is 0 Å². The van der Waals surface area contributed by atoms with Gasteiger partial charge in [-0.25, -0.2) is 0 Å². The Morgan fingerprint density at radius 3 is 2.95 bits per heavy atom. The van der Waals surface area contributed by atoms with Crippen molar-refractivity contribution in [3.05, 3.63) is 50.6 Å². The summed E-state index contributed by atoms with van der Waals surface area (Å²) in [5.74, 6) is -0.270. The maximum absolute atomic E-state index is 12.0. The molecule has 100 valence electrons. The molecule has 6 heteroatoms. The van der Waals surface area contributed by atoms with Crippen LogP contribution in [0.1, 0.15) is 22.0 Å². The summed E-state index contributed by atoms with van der Waals surface area (Å²) in [5, 5.41) is 16.3. The fraction of sp³-hybridized carbons (Fsp3) is 0.154. The highest BCUT2D eigenvalue weighted by atomic mass is 79.9. The second-order valence-corrected chi connectivity index (χ2v) is 5.56. The van der Waals surface area contributed by atoms with E-state index in [0.29, 0.717) is 15.7 Å². The largest absolute Gasteiger partial charge is 0.398 e. The molecule has 0 aliphatic carbocycles. The van der Waals surface area contributed by atoms with Crippen molar-refractivity contribution in [1.82, 2.24) is 5.32 Å². The molecule has 4 N–H and O–H groups in total. The highest BCUT2D eigenvalue weighted by molar-refractivity contribution is 9.10. The van der Waals surface area contributed by atoms with Gasteiger partial charge in [0.1, 0.15) is 0 Å². The van der Waals surface area contributed by atoms with Crippen LogP contribution in [0.15, 0.2) is 39.5 Å². The van der Waals surface area contributed by atoms with Crippen molar-refractivity contribution in [3.63, 3.8) is 0 Å². The van der Waals surface area contributed by atoms with E-state index in [1.807, 2.05) is 16.8 Å². The number of thiophene rings is 1. The molecule has 0 saturated heterocycles. The highest BCUT2D eigenvalue weighted by Gasteiger charge is 2.14. The lowest BCUT2D eigenvalue weighted by Crippen LogP contribution is -2.28. The number of hydrogen-bond donors (Lipinski definition) is 3. The number of nitrogens with two attached hydrogens (primary N) is 1. The summed E-state index contributed by atoms with van der Waals surface area (Å²) >= 11 is 4.79. The summed E-state index contributed by atoms with van der Waals surface area (Å²) in [6, 6.07) is 6.93. The number of aliphatic hydroxyl groups is 1. The first-order valence-corrected chi connectivity index (χ1v) is 7.35. The summed E-state index contributed by atoms with van der Waals surface area (Å²) in [5.41, 5.74) is 7.48. The maximum atomic E-state index is 12.0. The van der Waals surface area contributed by atoms with E-state index in [1.54, 1.807) is 18.2 Å². The lowest BCUT2D eigenvalue weighted by molar-refractivity contribution is 0.0916. The smallest absolute Gasteiger partial charge is 0.252 e. The summed E-state index contributed by atoms with van der Waals surface area (Å²) in [6.07, 6.45) is -0.699. The predicted octanol–water partition coefficient (Wildman–Crippen LogP) is 2.56. The van der Waals surface area contributed by atoms with E-state index in [1.165, 1.54) is 11.3 Å². The highest BCUT2D eigenvalue weighted by Crippen LogP contribution is 2.23. The van der Waals surface area contributed by atoms with Gasteiger partial charge < -0.3 is 16.2 Å². The molecule has 1 heterocycles. The molecule has 2 rings (SSSR count). The van der Waals surface area contributed by atoms with Gasteiger partial charge in [0.2, 0.25) is 0 Å². The molecule has 4 nitrogen and oxygen atoms in total. The number of benzene rings is 1. The van der Waals surface area contributed by atoms with E-state index < -0.39 is 6.10 Å². The molecule has 19 heavy (non-hydrogen) atoms. The third-order valence-electron chi connectivity index (χ3n) is 2.66. The molecule has 2 aromatic rings. The Kier molecular flexibility index (Phi) is 4.57. The Labute approximate surface area is 123 Å². The van der Waals surface area contributed by atoms with Crippen molar-refractivity contribution in [3.8, 4) is 0 Å². The van der Waals surface area contributed by atoms with E-state index >= 15 is 0 Å². The predicted molar refractivity (Wildman–Crippen MR) is 80.2 cm³/mol. The van der Waals surface area contributed by atoms with Crippen LogP contribution < -0.4 is 11.1 Å². The quantitative estimate of drug-likeness (QED) is 0.748. The van der Waals surface area contributed by atoms with E-state index in [0.717, 1.165) is 5.56 Å². The number of aliphatic hydroxyl groups excluding tert-OH is 1. The number of nitrogens with one attached hydrogen (secondary N) is 1. The van der Waals surface area contributed by atoms with Crippen LogP contribution in [0, 0.1) is 0 Å². The number of carbonyl (C=O) groups is 1. The van der Waals surface area contributed by atoms with Crippen LogP contribution in [0.25, 0.3) is 0 Å². The lowest BCUT2D eigenvalue weighted by atomic mass is 10.1. The SMILES string of the molecule is Nc1cccc(C(=O)NCC(O)c2ccsc2)c1Br. The number of anilines is 1. The van der Waals surface area contributed by atoms with Crippen molar-refractivity contribution in [2.24, 2.45) is 0 Å². The summed E-state index contributed by atoms with van der Waals surface area (Å²) in [4.78, 5) is 12.0. The van der Waals surface area contributed by atoms with Gasteiger partial charge in [-0.2, -0.15) is 11.3 Å². The summed E-state index contributed by atoms with van der Waals surface area (Å²) < 4.78 is 0.567. The lowest BCUT2D eigenvalue weighted by Gasteiger charge is -2.12. The third kappa shape index (κ3) is 3.34. The van der Waals surface area contributed by atoms with Crippen molar-refractivity contribution in [2.75, 3.05) is 12.3 Å². The molecule has 0 aliphatic rings. The molecular weight excluding hydrogens is 328 g/mol.